The van der Waals surface area contributed by atoms with Crippen LogP contribution in [0, 0.1) is 0 Å². The van der Waals surface area contributed by atoms with Gasteiger partial charge in [0, 0.05) is 13.1 Å². The van der Waals surface area contributed by atoms with Gasteiger partial charge in [-0.1, -0.05) is 19.8 Å². The lowest BCUT2D eigenvalue weighted by molar-refractivity contribution is -0.122. The van der Waals surface area contributed by atoms with E-state index in [1.54, 1.807) is 20.8 Å². The van der Waals surface area contributed by atoms with Crippen molar-refractivity contribution in [1.82, 2.24) is 10.6 Å². The largest absolute Gasteiger partial charge is 0.389 e. The van der Waals surface area contributed by atoms with Crippen LogP contribution in [-0.4, -0.2) is 35.7 Å². The Bertz CT molecular complexity index is 200. The van der Waals surface area contributed by atoms with E-state index in [2.05, 4.69) is 17.6 Å². The normalized spacial score (nSPS) is 13.6. The van der Waals surface area contributed by atoms with E-state index in [0.29, 0.717) is 6.54 Å². The van der Waals surface area contributed by atoms with Gasteiger partial charge in [-0.15, -0.1) is 0 Å². The Labute approximate surface area is 98.8 Å². The highest BCUT2D eigenvalue weighted by Crippen LogP contribution is 1.98. The summed E-state index contributed by atoms with van der Waals surface area (Å²) in [6.07, 6.45) is 3.33. The van der Waals surface area contributed by atoms with Gasteiger partial charge in [-0.25, -0.2) is 0 Å². The van der Waals surface area contributed by atoms with Crippen LogP contribution in [0.5, 0.6) is 0 Å². The van der Waals surface area contributed by atoms with E-state index in [4.69, 9.17) is 0 Å². The highest BCUT2D eigenvalue weighted by Gasteiger charge is 2.17. The zero-order valence-electron chi connectivity index (χ0n) is 11.0. The standard InChI is InChI=1S/C12H26N2O2/c1-5-6-7-8-13-11(15)10(2)14-9-12(3,4)16/h10,14,16H,5-9H2,1-4H3,(H,13,15). The van der Waals surface area contributed by atoms with Crippen LogP contribution in [0.4, 0.5) is 0 Å². The van der Waals surface area contributed by atoms with Crippen molar-refractivity contribution in [3.05, 3.63) is 0 Å². The predicted octanol–water partition coefficient (Wildman–Crippen LogP) is 1.04. The SMILES string of the molecule is CCCCCNC(=O)C(C)NCC(C)(C)O. The number of amides is 1. The van der Waals surface area contributed by atoms with Gasteiger partial charge in [0.15, 0.2) is 0 Å². The minimum Gasteiger partial charge on any atom is -0.389 e. The molecule has 0 heterocycles. The monoisotopic (exact) mass is 230 g/mol. The molecule has 0 aromatic carbocycles. The predicted molar refractivity (Wildman–Crippen MR) is 66.3 cm³/mol. The van der Waals surface area contributed by atoms with Crippen molar-refractivity contribution in [3.8, 4) is 0 Å². The van der Waals surface area contributed by atoms with Gasteiger partial charge >= 0.3 is 0 Å². The Morgan fingerprint density at radius 3 is 2.50 bits per heavy atom. The molecule has 0 aliphatic carbocycles. The molecule has 0 saturated carbocycles. The molecule has 0 spiro atoms. The van der Waals surface area contributed by atoms with Gasteiger partial charge in [-0.2, -0.15) is 0 Å². The van der Waals surface area contributed by atoms with E-state index in [1.807, 2.05) is 0 Å². The summed E-state index contributed by atoms with van der Waals surface area (Å²) in [6.45, 7) is 8.52. The maximum absolute atomic E-state index is 11.6. The van der Waals surface area contributed by atoms with Gasteiger partial charge in [0.25, 0.3) is 0 Å². The van der Waals surface area contributed by atoms with E-state index in [9.17, 15) is 9.90 Å². The van der Waals surface area contributed by atoms with Gasteiger partial charge in [-0.3, -0.25) is 4.79 Å². The van der Waals surface area contributed by atoms with Crippen LogP contribution in [-0.2, 0) is 4.79 Å². The first-order chi connectivity index (χ1) is 7.37. The van der Waals surface area contributed by atoms with Crippen molar-refractivity contribution < 1.29 is 9.90 Å². The molecule has 16 heavy (non-hydrogen) atoms. The molecule has 0 fully saturated rings. The Morgan fingerprint density at radius 1 is 1.38 bits per heavy atom. The molecule has 3 N–H and O–H groups in total. The first-order valence-corrected chi connectivity index (χ1v) is 6.10. The van der Waals surface area contributed by atoms with E-state index >= 15 is 0 Å². The average Bonchev–Trinajstić information content (AvgIpc) is 2.19. The number of aliphatic hydroxyl groups is 1. The molecule has 0 aromatic heterocycles. The van der Waals surface area contributed by atoms with Crippen LogP contribution in [0.25, 0.3) is 0 Å². The first kappa shape index (κ1) is 15.4. The average molecular weight is 230 g/mol. The molecular formula is C12H26N2O2. The van der Waals surface area contributed by atoms with Crippen molar-refractivity contribution in [2.24, 2.45) is 0 Å². The van der Waals surface area contributed by atoms with Gasteiger partial charge in [0.05, 0.1) is 11.6 Å². The second-order valence-corrected chi connectivity index (χ2v) is 4.91. The number of hydrogen-bond donors (Lipinski definition) is 3. The van der Waals surface area contributed by atoms with Crippen molar-refractivity contribution >= 4 is 5.91 Å². The first-order valence-electron chi connectivity index (χ1n) is 6.10. The minimum atomic E-state index is -0.781. The number of unbranched alkanes of at least 4 members (excludes halogenated alkanes) is 2. The van der Waals surface area contributed by atoms with Gasteiger partial charge < -0.3 is 15.7 Å². The van der Waals surface area contributed by atoms with Crippen LogP contribution < -0.4 is 10.6 Å². The maximum atomic E-state index is 11.6. The third-order valence-corrected chi connectivity index (χ3v) is 2.31. The minimum absolute atomic E-state index is 0.000327. The van der Waals surface area contributed by atoms with Crippen LogP contribution >= 0.6 is 0 Å². The lowest BCUT2D eigenvalue weighted by Gasteiger charge is -2.21. The summed E-state index contributed by atoms with van der Waals surface area (Å²) in [5.74, 6) is 0.000327. The second-order valence-electron chi connectivity index (χ2n) is 4.91. The fourth-order valence-corrected chi connectivity index (χ4v) is 1.24. The summed E-state index contributed by atoms with van der Waals surface area (Å²) in [5, 5.41) is 15.4. The molecule has 0 aromatic rings. The van der Waals surface area contributed by atoms with E-state index in [0.717, 1.165) is 25.8 Å². The topological polar surface area (TPSA) is 61.4 Å². The Kier molecular flexibility index (Phi) is 7.34. The molecule has 1 atom stereocenters. The van der Waals surface area contributed by atoms with E-state index in [1.165, 1.54) is 0 Å². The Balaban J connectivity index is 3.65. The van der Waals surface area contributed by atoms with Gasteiger partial charge in [0.2, 0.25) is 5.91 Å². The highest BCUT2D eigenvalue weighted by molar-refractivity contribution is 5.81. The fraction of sp³-hybridized carbons (Fsp3) is 0.917. The molecule has 0 aliphatic heterocycles. The van der Waals surface area contributed by atoms with Crippen LogP contribution in [0.2, 0.25) is 0 Å². The molecule has 96 valence electrons. The summed E-state index contributed by atoms with van der Waals surface area (Å²) >= 11 is 0. The number of carbonyl (C=O) groups excluding carboxylic acids is 1. The third kappa shape index (κ3) is 8.68. The summed E-state index contributed by atoms with van der Waals surface area (Å²) in [5.41, 5.74) is -0.781. The molecule has 0 saturated heterocycles. The molecule has 0 radical (unpaired) electrons. The summed E-state index contributed by atoms with van der Waals surface area (Å²) in [7, 11) is 0. The quantitative estimate of drug-likeness (QED) is 0.546. The number of hydrogen-bond acceptors (Lipinski definition) is 3. The lowest BCUT2D eigenvalue weighted by Crippen LogP contribution is -2.47. The fourth-order valence-electron chi connectivity index (χ4n) is 1.24. The summed E-state index contributed by atoms with van der Waals surface area (Å²) in [4.78, 5) is 11.6. The second kappa shape index (κ2) is 7.63. The molecule has 0 bridgehead atoms. The zero-order valence-corrected chi connectivity index (χ0v) is 11.0. The third-order valence-electron chi connectivity index (χ3n) is 2.31. The summed E-state index contributed by atoms with van der Waals surface area (Å²) in [6, 6.07) is -0.256. The lowest BCUT2D eigenvalue weighted by atomic mass is 10.1. The smallest absolute Gasteiger partial charge is 0.236 e. The molecule has 0 aliphatic rings. The molecule has 4 nitrogen and oxygen atoms in total. The molecule has 1 amide bonds. The van der Waals surface area contributed by atoms with Gasteiger partial charge in [0.1, 0.15) is 0 Å². The molecule has 1 unspecified atom stereocenters. The Hall–Kier alpha value is -0.610. The molecular weight excluding hydrogens is 204 g/mol. The van der Waals surface area contributed by atoms with Gasteiger partial charge in [-0.05, 0) is 27.2 Å². The van der Waals surface area contributed by atoms with Crippen LogP contribution in [0.3, 0.4) is 0 Å². The molecule has 4 heteroatoms. The molecule has 0 rings (SSSR count). The Morgan fingerprint density at radius 2 is 2.00 bits per heavy atom. The van der Waals surface area contributed by atoms with Crippen molar-refractivity contribution in [3.63, 3.8) is 0 Å². The van der Waals surface area contributed by atoms with Crippen LogP contribution in [0.1, 0.15) is 47.0 Å². The van der Waals surface area contributed by atoms with Crippen molar-refractivity contribution in [2.45, 2.75) is 58.6 Å². The number of nitrogens with one attached hydrogen (secondary N) is 2. The van der Waals surface area contributed by atoms with Crippen LogP contribution in [0.15, 0.2) is 0 Å². The van der Waals surface area contributed by atoms with Crippen molar-refractivity contribution in [1.29, 1.82) is 0 Å². The number of carbonyl (C=O) groups is 1. The van der Waals surface area contributed by atoms with Crippen molar-refractivity contribution in [2.75, 3.05) is 13.1 Å². The van der Waals surface area contributed by atoms with E-state index < -0.39 is 5.60 Å². The highest BCUT2D eigenvalue weighted by atomic mass is 16.3. The summed E-state index contributed by atoms with van der Waals surface area (Å²) < 4.78 is 0. The van der Waals surface area contributed by atoms with E-state index in [-0.39, 0.29) is 11.9 Å². The zero-order chi connectivity index (χ0) is 12.6. The maximum Gasteiger partial charge on any atom is 0.236 e. The number of rotatable bonds is 8.